The molecule has 6 nitrogen and oxygen atoms in total. The van der Waals surface area contributed by atoms with E-state index in [1.165, 1.54) is 18.8 Å². The van der Waals surface area contributed by atoms with Crippen molar-refractivity contribution in [3.05, 3.63) is 30.5 Å². The molecule has 1 fully saturated rings. The second-order valence-electron chi connectivity index (χ2n) is 6.55. The average molecular weight is 392 g/mol. The second kappa shape index (κ2) is 8.60. The normalized spacial score (nSPS) is 20.6. The molecule has 2 aromatic heterocycles. The van der Waals surface area contributed by atoms with Gasteiger partial charge < -0.3 is 9.88 Å². The van der Waals surface area contributed by atoms with Gasteiger partial charge in [-0.2, -0.15) is 12.6 Å². The molecule has 0 saturated carbocycles. The van der Waals surface area contributed by atoms with Crippen LogP contribution in [0.15, 0.2) is 24.7 Å². The van der Waals surface area contributed by atoms with Crippen molar-refractivity contribution >= 4 is 30.2 Å². The van der Waals surface area contributed by atoms with Crippen molar-refractivity contribution in [1.82, 2.24) is 19.9 Å². The maximum atomic E-state index is 12.4. The topological polar surface area (TPSA) is 81.5 Å². The molecule has 2 unspecified atom stereocenters. The zero-order valence-electron chi connectivity index (χ0n) is 14.9. The summed E-state index contributed by atoms with van der Waals surface area (Å²) in [5, 5.41) is 7.15. The first-order valence-electron chi connectivity index (χ1n) is 8.79. The van der Waals surface area contributed by atoms with Crippen molar-refractivity contribution in [1.29, 1.82) is 5.41 Å². The number of aromatic nitrogens is 4. The molecule has 2 aromatic rings. The summed E-state index contributed by atoms with van der Waals surface area (Å²) in [7, 11) is 0. The molecule has 1 saturated heterocycles. The van der Waals surface area contributed by atoms with E-state index in [2.05, 4.69) is 44.4 Å². The van der Waals surface area contributed by atoms with Gasteiger partial charge in [-0.05, 0) is 43.6 Å². The van der Waals surface area contributed by atoms with E-state index in [9.17, 15) is 8.78 Å². The minimum atomic E-state index is -2.80. The van der Waals surface area contributed by atoms with E-state index in [1.54, 1.807) is 6.20 Å². The molecule has 144 valence electrons. The monoisotopic (exact) mass is 392 g/mol. The Morgan fingerprint density at radius 3 is 3.00 bits per heavy atom. The van der Waals surface area contributed by atoms with E-state index in [4.69, 9.17) is 5.41 Å². The van der Waals surface area contributed by atoms with Gasteiger partial charge in [0.1, 0.15) is 18.0 Å². The van der Waals surface area contributed by atoms with Crippen molar-refractivity contribution in [2.45, 2.75) is 32.2 Å². The minimum absolute atomic E-state index is 0.347. The van der Waals surface area contributed by atoms with E-state index < -0.39 is 12.1 Å². The second-order valence-corrected chi connectivity index (χ2v) is 6.92. The summed E-state index contributed by atoms with van der Waals surface area (Å²) in [6.45, 7) is 3.13. The number of alkyl halides is 2. The number of halogens is 2. The smallest absolute Gasteiger partial charge is 0.279 e. The first-order valence-corrected chi connectivity index (χ1v) is 9.42. The van der Waals surface area contributed by atoms with Crippen molar-refractivity contribution in [3.63, 3.8) is 0 Å². The predicted molar refractivity (Wildman–Crippen MR) is 106 cm³/mol. The molecule has 0 aromatic carbocycles. The summed E-state index contributed by atoms with van der Waals surface area (Å²) in [5.74, 6) is 2.61. The molecule has 1 aliphatic rings. The van der Waals surface area contributed by atoms with Gasteiger partial charge in [-0.25, -0.2) is 23.7 Å². The molecule has 27 heavy (non-hydrogen) atoms. The van der Waals surface area contributed by atoms with Gasteiger partial charge in [0.05, 0.1) is 23.3 Å². The first-order chi connectivity index (χ1) is 13.0. The van der Waals surface area contributed by atoms with E-state index >= 15 is 0 Å². The number of H-pyrrole nitrogens is 1. The van der Waals surface area contributed by atoms with Crippen LogP contribution in [0.3, 0.4) is 0 Å². The highest BCUT2D eigenvalue weighted by Crippen LogP contribution is 2.29. The standard InChI is InChI=1S/C18H22F2N6S/c1-11-12(9-27)3-2-6-26(11)17-7-14(23-10-24-17)15-8-22-16(25-15)5-4-13(21)18(19)20/h4-5,7-8,10-12,18,21,27H,2-3,6,9H2,1H3,(H,22,25)/b5-4-,21-13?. The molecule has 2 N–H and O–H groups in total. The van der Waals surface area contributed by atoms with Gasteiger partial charge in [-0.3, -0.25) is 5.41 Å². The Morgan fingerprint density at radius 2 is 2.26 bits per heavy atom. The van der Waals surface area contributed by atoms with Gasteiger partial charge in [0.15, 0.2) is 0 Å². The van der Waals surface area contributed by atoms with Crippen LogP contribution in [0.5, 0.6) is 0 Å². The molecular weight excluding hydrogens is 370 g/mol. The minimum Gasteiger partial charge on any atom is -0.353 e. The zero-order chi connectivity index (χ0) is 19.4. The summed E-state index contributed by atoms with van der Waals surface area (Å²) >= 11 is 4.46. The first kappa shape index (κ1) is 19.5. The maximum absolute atomic E-state index is 12.4. The third-order valence-corrected chi connectivity index (χ3v) is 5.33. The number of allylic oxidation sites excluding steroid dienone is 1. The lowest BCUT2D eigenvalue weighted by molar-refractivity contribution is 0.226. The van der Waals surface area contributed by atoms with Crippen LogP contribution >= 0.6 is 12.6 Å². The fourth-order valence-electron chi connectivity index (χ4n) is 3.23. The van der Waals surface area contributed by atoms with Gasteiger partial charge >= 0.3 is 0 Å². The Balaban J connectivity index is 1.79. The van der Waals surface area contributed by atoms with E-state index in [-0.39, 0.29) is 0 Å². The van der Waals surface area contributed by atoms with Crippen molar-refractivity contribution in [2.75, 3.05) is 17.2 Å². The quantitative estimate of drug-likeness (QED) is 0.517. The molecule has 3 rings (SSSR count). The number of nitrogens with one attached hydrogen (secondary N) is 2. The molecule has 9 heteroatoms. The Hall–Kier alpha value is -2.29. The number of imidazole rings is 1. The SMILES string of the molecule is CC1C(CS)CCCN1c1cc(-c2cnc(/C=C\C(=N)C(F)F)[nH]2)ncn1. The Bertz CT molecular complexity index is 822. The van der Waals surface area contributed by atoms with Crippen LogP contribution in [-0.4, -0.2) is 50.4 Å². The molecular formula is C18H22F2N6S. The molecule has 0 amide bonds. The van der Waals surface area contributed by atoms with E-state index in [0.717, 1.165) is 30.6 Å². The molecule has 3 heterocycles. The fraction of sp³-hybridized carbons (Fsp3) is 0.444. The van der Waals surface area contributed by atoms with Crippen LogP contribution in [-0.2, 0) is 0 Å². The molecule has 2 atom stereocenters. The largest absolute Gasteiger partial charge is 0.353 e. The number of rotatable bonds is 6. The fourth-order valence-corrected chi connectivity index (χ4v) is 3.72. The summed E-state index contributed by atoms with van der Waals surface area (Å²) in [4.78, 5) is 18.2. The number of hydrogen-bond acceptors (Lipinski definition) is 6. The molecule has 0 bridgehead atoms. The predicted octanol–water partition coefficient (Wildman–Crippen LogP) is 3.70. The van der Waals surface area contributed by atoms with Gasteiger partial charge in [0, 0.05) is 18.7 Å². The zero-order valence-corrected chi connectivity index (χ0v) is 15.8. The van der Waals surface area contributed by atoms with Crippen LogP contribution < -0.4 is 4.90 Å². The molecule has 0 spiro atoms. The highest BCUT2D eigenvalue weighted by atomic mass is 32.1. The van der Waals surface area contributed by atoms with E-state index in [0.29, 0.717) is 29.2 Å². The number of anilines is 1. The highest BCUT2D eigenvalue weighted by molar-refractivity contribution is 7.80. The van der Waals surface area contributed by atoms with Crippen LogP contribution in [0.1, 0.15) is 25.6 Å². The van der Waals surface area contributed by atoms with Crippen molar-refractivity contribution in [3.8, 4) is 11.4 Å². The summed E-state index contributed by atoms with van der Waals surface area (Å²) < 4.78 is 24.7. The lowest BCUT2D eigenvalue weighted by atomic mass is 9.92. The third-order valence-electron chi connectivity index (χ3n) is 4.86. The van der Waals surface area contributed by atoms with Gasteiger partial charge in [-0.15, -0.1) is 0 Å². The Kier molecular flexibility index (Phi) is 6.20. The summed E-state index contributed by atoms with van der Waals surface area (Å²) in [6.07, 6.45) is 4.97. The Labute approximate surface area is 162 Å². The molecule has 0 aliphatic carbocycles. The number of nitrogens with zero attached hydrogens (tertiary/aromatic N) is 4. The molecule has 0 radical (unpaired) electrons. The van der Waals surface area contributed by atoms with Crippen LogP contribution in [0.2, 0.25) is 0 Å². The lowest BCUT2D eigenvalue weighted by Crippen LogP contribution is -2.44. The Morgan fingerprint density at radius 1 is 1.44 bits per heavy atom. The average Bonchev–Trinajstić information content (AvgIpc) is 3.15. The highest BCUT2D eigenvalue weighted by Gasteiger charge is 2.28. The summed E-state index contributed by atoms with van der Waals surface area (Å²) in [6, 6.07) is 2.25. The van der Waals surface area contributed by atoms with Crippen LogP contribution in [0.25, 0.3) is 17.5 Å². The van der Waals surface area contributed by atoms with Gasteiger partial charge in [0.25, 0.3) is 6.43 Å². The summed E-state index contributed by atoms with van der Waals surface area (Å²) in [5.41, 5.74) is 0.587. The van der Waals surface area contributed by atoms with Crippen LogP contribution in [0, 0.1) is 11.3 Å². The number of thiol groups is 1. The van der Waals surface area contributed by atoms with Gasteiger partial charge in [-0.1, -0.05) is 0 Å². The van der Waals surface area contributed by atoms with Crippen molar-refractivity contribution in [2.24, 2.45) is 5.92 Å². The number of aromatic amines is 1. The number of hydrogen-bond donors (Lipinski definition) is 3. The number of piperidine rings is 1. The van der Waals surface area contributed by atoms with Gasteiger partial charge in [0.2, 0.25) is 0 Å². The maximum Gasteiger partial charge on any atom is 0.279 e. The van der Waals surface area contributed by atoms with E-state index in [1.807, 2.05) is 6.07 Å². The lowest BCUT2D eigenvalue weighted by Gasteiger charge is -2.39. The van der Waals surface area contributed by atoms with Crippen molar-refractivity contribution < 1.29 is 8.78 Å². The molecule has 1 aliphatic heterocycles. The third kappa shape index (κ3) is 4.52. The van der Waals surface area contributed by atoms with Crippen LogP contribution in [0.4, 0.5) is 14.6 Å².